The van der Waals surface area contributed by atoms with E-state index in [1.807, 2.05) is 0 Å². The van der Waals surface area contributed by atoms with Gasteiger partial charge in [0.05, 0.1) is 5.60 Å². The van der Waals surface area contributed by atoms with E-state index in [0.29, 0.717) is 5.92 Å². The molecule has 1 saturated carbocycles. The van der Waals surface area contributed by atoms with Crippen molar-refractivity contribution < 1.29 is 5.11 Å². The average Bonchev–Trinajstić information content (AvgIpc) is 2.19. The molecule has 0 saturated heterocycles. The fourth-order valence-electron chi connectivity index (χ4n) is 3.32. The molecule has 2 unspecified atom stereocenters. The maximum absolute atomic E-state index is 10.8. The minimum Gasteiger partial charge on any atom is -0.390 e. The van der Waals surface area contributed by atoms with Crippen molar-refractivity contribution in [2.24, 2.45) is 17.8 Å². The minimum absolute atomic E-state index is 0.351. The van der Waals surface area contributed by atoms with Gasteiger partial charge in [-0.3, -0.25) is 0 Å². The van der Waals surface area contributed by atoms with E-state index in [4.69, 9.17) is 0 Å². The lowest BCUT2D eigenvalue weighted by Gasteiger charge is -2.43. The van der Waals surface area contributed by atoms with Gasteiger partial charge in [-0.15, -0.1) is 0 Å². The number of hydrogen-bond donors (Lipinski definition) is 1. The van der Waals surface area contributed by atoms with Gasteiger partial charge in [0.15, 0.2) is 0 Å². The van der Waals surface area contributed by atoms with Gasteiger partial charge in [0.25, 0.3) is 0 Å². The van der Waals surface area contributed by atoms with Crippen molar-refractivity contribution in [1.82, 2.24) is 0 Å². The van der Waals surface area contributed by atoms with E-state index in [1.165, 1.54) is 12.8 Å². The van der Waals surface area contributed by atoms with Gasteiger partial charge in [0, 0.05) is 0 Å². The first-order valence-corrected chi connectivity index (χ1v) is 6.75. The number of rotatable bonds is 4. The summed E-state index contributed by atoms with van der Waals surface area (Å²) in [5, 5.41) is 10.8. The minimum atomic E-state index is -0.351. The highest BCUT2D eigenvalue weighted by Gasteiger charge is 2.39. The van der Waals surface area contributed by atoms with Crippen LogP contribution in [0.1, 0.15) is 66.2 Å². The molecule has 1 heteroatoms. The molecule has 90 valence electrons. The highest BCUT2D eigenvalue weighted by molar-refractivity contribution is 4.91. The third-order valence-electron chi connectivity index (χ3n) is 4.49. The Kier molecular flexibility index (Phi) is 4.64. The van der Waals surface area contributed by atoms with Crippen LogP contribution in [-0.2, 0) is 0 Å². The topological polar surface area (TPSA) is 20.2 Å². The summed E-state index contributed by atoms with van der Waals surface area (Å²) in [5.74, 6) is 1.98. The van der Waals surface area contributed by atoms with E-state index < -0.39 is 0 Å². The van der Waals surface area contributed by atoms with Crippen LogP contribution < -0.4 is 0 Å². The van der Waals surface area contributed by atoms with Gasteiger partial charge in [0.1, 0.15) is 0 Å². The first-order chi connectivity index (χ1) is 7.03. The molecule has 1 aliphatic carbocycles. The molecule has 1 aliphatic rings. The predicted molar refractivity (Wildman–Crippen MR) is 65.8 cm³/mol. The average molecular weight is 212 g/mol. The Morgan fingerprint density at radius 2 is 1.87 bits per heavy atom. The Morgan fingerprint density at radius 3 is 2.33 bits per heavy atom. The van der Waals surface area contributed by atoms with Crippen molar-refractivity contribution in [3.05, 3.63) is 0 Å². The first kappa shape index (κ1) is 13.0. The Labute approximate surface area is 95.3 Å². The van der Waals surface area contributed by atoms with Crippen molar-refractivity contribution in [3.63, 3.8) is 0 Å². The third kappa shape index (κ3) is 2.96. The van der Waals surface area contributed by atoms with E-state index in [9.17, 15) is 5.11 Å². The second kappa shape index (κ2) is 5.34. The molecule has 2 atom stereocenters. The highest BCUT2D eigenvalue weighted by Crippen LogP contribution is 2.42. The molecule has 0 radical (unpaired) electrons. The summed E-state index contributed by atoms with van der Waals surface area (Å²) in [4.78, 5) is 0. The normalized spacial score (nSPS) is 32.6. The molecule has 1 N–H and O–H groups in total. The van der Waals surface area contributed by atoms with Gasteiger partial charge < -0.3 is 5.11 Å². The molecule has 0 aromatic carbocycles. The van der Waals surface area contributed by atoms with Crippen molar-refractivity contribution in [2.45, 2.75) is 71.8 Å². The largest absolute Gasteiger partial charge is 0.390 e. The SMILES string of the molecule is CCC(CC)C1(O)CCCC(C(C)C)C1. The van der Waals surface area contributed by atoms with Crippen LogP contribution >= 0.6 is 0 Å². The second-order valence-electron chi connectivity index (χ2n) is 5.72. The summed E-state index contributed by atoms with van der Waals surface area (Å²) in [5.41, 5.74) is -0.351. The molecule has 0 aromatic heterocycles. The van der Waals surface area contributed by atoms with Gasteiger partial charge in [0.2, 0.25) is 0 Å². The highest BCUT2D eigenvalue weighted by atomic mass is 16.3. The lowest BCUT2D eigenvalue weighted by atomic mass is 9.67. The van der Waals surface area contributed by atoms with E-state index >= 15 is 0 Å². The molecule has 1 fully saturated rings. The molecule has 1 nitrogen and oxygen atoms in total. The van der Waals surface area contributed by atoms with Crippen LogP contribution in [-0.4, -0.2) is 10.7 Å². The van der Waals surface area contributed by atoms with Crippen LogP contribution in [0.15, 0.2) is 0 Å². The molecular weight excluding hydrogens is 184 g/mol. The zero-order valence-electron chi connectivity index (χ0n) is 10.9. The van der Waals surface area contributed by atoms with Crippen LogP contribution in [0.2, 0.25) is 0 Å². The van der Waals surface area contributed by atoms with Crippen LogP contribution in [0.4, 0.5) is 0 Å². The van der Waals surface area contributed by atoms with E-state index in [0.717, 1.165) is 37.5 Å². The van der Waals surface area contributed by atoms with Gasteiger partial charge in [-0.1, -0.05) is 47.0 Å². The first-order valence-electron chi connectivity index (χ1n) is 6.75. The summed E-state index contributed by atoms with van der Waals surface area (Å²) in [6.07, 6.45) is 6.85. The maximum Gasteiger partial charge on any atom is 0.0678 e. The van der Waals surface area contributed by atoms with Gasteiger partial charge in [-0.05, 0) is 37.0 Å². The van der Waals surface area contributed by atoms with Crippen molar-refractivity contribution in [2.75, 3.05) is 0 Å². The summed E-state index contributed by atoms with van der Waals surface area (Å²) in [6.45, 7) is 9.02. The van der Waals surface area contributed by atoms with Crippen LogP contribution in [0.25, 0.3) is 0 Å². The lowest BCUT2D eigenvalue weighted by Crippen LogP contribution is -2.43. The molecule has 0 heterocycles. The Bertz CT molecular complexity index is 184. The standard InChI is InChI=1S/C14H28O/c1-5-13(6-2)14(15)9-7-8-12(10-14)11(3)4/h11-13,15H,5-10H2,1-4H3. The molecule has 0 amide bonds. The molecule has 0 spiro atoms. The predicted octanol–water partition coefficient (Wildman–Crippen LogP) is 4.00. The Balaban J connectivity index is 2.66. The fraction of sp³-hybridized carbons (Fsp3) is 1.00. The van der Waals surface area contributed by atoms with Crippen molar-refractivity contribution in [1.29, 1.82) is 0 Å². The van der Waals surface area contributed by atoms with Crippen molar-refractivity contribution in [3.8, 4) is 0 Å². The molecule has 0 bridgehead atoms. The zero-order valence-corrected chi connectivity index (χ0v) is 10.9. The molecule has 1 rings (SSSR count). The summed E-state index contributed by atoms with van der Waals surface area (Å²) < 4.78 is 0. The van der Waals surface area contributed by atoms with E-state index in [1.54, 1.807) is 0 Å². The fourth-order valence-corrected chi connectivity index (χ4v) is 3.32. The molecular formula is C14H28O. The van der Waals surface area contributed by atoms with Crippen LogP contribution in [0.5, 0.6) is 0 Å². The Morgan fingerprint density at radius 1 is 1.27 bits per heavy atom. The van der Waals surface area contributed by atoms with Crippen LogP contribution in [0, 0.1) is 17.8 Å². The summed E-state index contributed by atoms with van der Waals surface area (Å²) in [6, 6.07) is 0. The summed E-state index contributed by atoms with van der Waals surface area (Å²) in [7, 11) is 0. The second-order valence-corrected chi connectivity index (χ2v) is 5.72. The monoisotopic (exact) mass is 212 g/mol. The maximum atomic E-state index is 10.8. The molecule has 0 aromatic rings. The number of aliphatic hydroxyl groups is 1. The van der Waals surface area contributed by atoms with Crippen LogP contribution in [0.3, 0.4) is 0 Å². The summed E-state index contributed by atoms with van der Waals surface area (Å²) >= 11 is 0. The molecule has 0 aliphatic heterocycles. The molecule has 15 heavy (non-hydrogen) atoms. The van der Waals surface area contributed by atoms with Crippen molar-refractivity contribution >= 4 is 0 Å². The van der Waals surface area contributed by atoms with Gasteiger partial charge in [-0.2, -0.15) is 0 Å². The third-order valence-corrected chi connectivity index (χ3v) is 4.49. The zero-order chi connectivity index (χ0) is 11.5. The lowest BCUT2D eigenvalue weighted by molar-refractivity contribution is -0.0737. The van der Waals surface area contributed by atoms with E-state index in [2.05, 4.69) is 27.7 Å². The van der Waals surface area contributed by atoms with Gasteiger partial charge in [-0.25, -0.2) is 0 Å². The Hall–Kier alpha value is -0.0400. The number of hydrogen-bond acceptors (Lipinski definition) is 1. The van der Waals surface area contributed by atoms with E-state index in [-0.39, 0.29) is 5.60 Å². The smallest absolute Gasteiger partial charge is 0.0678 e. The van der Waals surface area contributed by atoms with Gasteiger partial charge >= 0.3 is 0 Å². The quantitative estimate of drug-likeness (QED) is 0.747.